The lowest BCUT2D eigenvalue weighted by Gasteiger charge is -2.14. The predicted molar refractivity (Wildman–Crippen MR) is 89.3 cm³/mol. The number of benzene rings is 2. The van der Waals surface area contributed by atoms with E-state index in [1.54, 1.807) is 0 Å². The molecule has 0 spiro atoms. The summed E-state index contributed by atoms with van der Waals surface area (Å²) in [6.07, 6.45) is 0. The maximum atomic E-state index is 4.77. The Balaban J connectivity index is 2.00. The van der Waals surface area contributed by atoms with E-state index in [-0.39, 0.29) is 0 Å². The van der Waals surface area contributed by atoms with Gasteiger partial charge in [-0.05, 0) is 37.2 Å². The normalized spacial score (nSPS) is 12.5. The highest BCUT2D eigenvalue weighted by atomic mass is 14.9. The van der Waals surface area contributed by atoms with Crippen molar-refractivity contribution in [1.29, 1.82) is 0 Å². The molecule has 0 saturated carbocycles. The molecule has 2 heteroatoms. The highest BCUT2D eigenvalue weighted by Crippen LogP contribution is 2.24. The lowest BCUT2D eigenvalue weighted by Crippen LogP contribution is -2.17. The summed E-state index contributed by atoms with van der Waals surface area (Å²) in [6, 6.07) is 21.4. The molecule has 21 heavy (non-hydrogen) atoms. The first kappa shape index (κ1) is 13.8. The molecule has 1 heterocycles. The van der Waals surface area contributed by atoms with Crippen molar-refractivity contribution in [3.05, 3.63) is 66.2 Å². The highest BCUT2D eigenvalue weighted by molar-refractivity contribution is 5.81. The van der Waals surface area contributed by atoms with Crippen LogP contribution in [0.2, 0.25) is 0 Å². The van der Waals surface area contributed by atoms with Crippen molar-refractivity contribution in [3.63, 3.8) is 0 Å². The van der Waals surface area contributed by atoms with Gasteiger partial charge in [-0.1, -0.05) is 49.4 Å². The molecule has 106 valence electrons. The molecule has 2 nitrogen and oxygen atoms in total. The summed E-state index contributed by atoms with van der Waals surface area (Å²) in [7, 11) is 0. The molecule has 2 aromatic carbocycles. The van der Waals surface area contributed by atoms with Crippen molar-refractivity contribution in [2.24, 2.45) is 0 Å². The Morgan fingerprint density at radius 3 is 2.71 bits per heavy atom. The molecule has 3 aromatic rings. The third-order valence-electron chi connectivity index (χ3n) is 3.79. The van der Waals surface area contributed by atoms with Crippen molar-refractivity contribution in [2.45, 2.75) is 19.9 Å². The van der Waals surface area contributed by atoms with Gasteiger partial charge in [0.1, 0.15) is 0 Å². The van der Waals surface area contributed by atoms with Crippen molar-refractivity contribution in [1.82, 2.24) is 10.3 Å². The lowest BCUT2D eigenvalue weighted by atomic mass is 10.0. The fourth-order valence-corrected chi connectivity index (χ4v) is 2.62. The smallest absolute Gasteiger partial charge is 0.0709 e. The highest BCUT2D eigenvalue weighted by Gasteiger charge is 2.06. The van der Waals surface area contributed by atoms with E-state index in [2.05, 4.69) is 67.7 Å². The van der Waals surface area contributed by atoms with Gasteiger partial charge in [-0.2, -0.15) is 0 Å². The summed E-state index contributed by atoms with van der Waals surface area (Å²) in [5.41, 5.74) is 4.53. The van der Waals surface area contributed by atoms with Gasteiger partial charge >= 0.3 is 0 Å². The second-order valence-corrected chi connectivity index (χ2v) is 5.29. The number of hydrogen-bond donors (Lipinski definition) is 1. The van der Waals surface area contributed by atoms with Gasteiger partial charge in [-0.15, -0.1) is 0 Å². The van der Waals surface area contributed by atoms with Gasteiger partial charge in [-0.3, -0.25) is 0 Å². The summed E-state index contributed by atoms with van der Waals surface area (Å²) in [5.74, 6) is 0. The van der Waals surface area contributed by atoms with Crippen LogP contribution in [0.5, 0.6) is 0 Å². The second-order valence-electron chi connectivity index (χ2n) is 5.29. The molecule has 1 unspecified atom stereocenters. The molecule has 0 saturated heterocycles. The number of nitrogens with zero attached hydrogens (tertiary/aromatic N) is 1. The first-order chi connectivity index (χ1) is 10.3. The molecule has 0 aliphatic heterocycles. The van der Waals surface area contributed by atoms with Gasteiger partial charge in [0.2, 0.25) is 0 Å². The van der Waals surface area contributed by atoms with Gasteiger partial charge in [-0.25, -0.2) is 4.98 Å². The molecule has 0 fully saturated rings. The third-order valence-corrected chi connectivity index (χ3v) is 3.79. The number of pyridine rings is 1. The third kappa shape index (κ3) is 2.96. The Morgan fingerprint density at radius 1 is 1.00 bits per heavy atom. The van der Waals surface area contributed by atoms with E-state index in [0.717, 1.165) is 17.8 Å². The van der Waals surface area contributed by atoms with Gasteiger partial charge in [0, 0.05) is 17.0 Å². The number of hydrogen-bond acceptors (Lipinski definition) is 2. The van der Waals surface area contributed by atoms with E-state index < -0.39 is 0 Å². The number of rotatable bonds is 4. The molecular formula is C19H20N2. The van der Waals surface area contributed by atoms with Crippen LogP contribution in [0.3, 0.4) is 0 Å². The van der Waals surface area contributed by atoms with E-state index in [1.807, 2.05) is 12.1 Å². The SMILES string of the molecule is CCNC(C)c1cccc(-c2ccc3ccccc3n2)c1. The summed E-state index contributed by atoms with van der Waals surface area (Å²) in [6.45, 7) is 5.29. The van der Waals surface area contributed by atoms with E-state index in [9.17, 15) is 0 Å². The van der Waals surface area contributed by atoms with Gasteiger partial charge in [0.05, 0.1) is 11.2 Å². The van der Waals surface area contributed by atoms with Gasteiger partial charge in [0.25, 0.3) is 0 Å². The van der Waals surface area contributed by atoms with Crippen LogP contribution < -0.4 is 5.32 Å². The fourth-order valence-electron chi connectivity index (χ4n) is 2.62. The second kappa shape index (κ2) is 6.06. The number of para-hydroxylation sites is 1. The van der Waals surface area contributed by atoms with Crippen LogP contribution in [0, 0.1) is 0 Å². The summed E-state index contributed by atoms with van der Waals surface area (Å²) >= 11 is 0. The van der Waals surface area contributed by atoms with Crippen molar-refractivity contribution in [3.8, 4) is 11.3 Å². The van der Waals surface area contributed by atoms with E-state index >= 15 is 0 Å². The van der Waals surface area contributed by atoms with Crippen LogP contribution in [0.25, 0.3) is 22.2 Å². The summed E-state index contributed by atoms with van der Waals surface area (Å²) in [4.78, 5) is 4.77. The van der Waals surface area contributed by atoms with Crippen LogP contribution in [0.15, 0.2) is 60.7 Å². The Kier molecular flexibility index (Phi) is 3.98. The van der Waals surface area contributed by atoms with Crippen LogP contribution >= 0.6 is 0 Å². The van der Waals surface area contributed by atoms with Gasteiger partial charge in [0.15, 0.2) is 0 Å². The Morgan fingerprint density at radius 2 is 1.86 bits per heavy atom. The maximum absolute atomic E-state index is 4.77. The minimum atomic E-state index is 0.357. The topological polar surface area (TPSA) is 24.9 Å². The standard InChI is InChI=1S/C19H20N2/c1-3-20-14(2)16-8-6-9-17(13-16)19-12-11-15-7-4-5-10-18(15)21-19/h4-14,20H,3H2,1-2H3. The fraction of sp³-hybridized carbons (Fsp3) is 0.211. The average Bonchev–Trinajstić information content (AvgIpc) is 2.55. The van der Waals surface area contributed by atoms with E-state index in [1.165, 1.54) is 16.5 Å². The number of aromatic nitrogens is 1. The monoisotopic (exact) mass is 276 g/mol. The Labute approximate surface area is 125 Å². The average molecular weight is 276 g/mol. The molecule has 0 aliphatic rings. The molecule has 1 aromatic heterocycles. The molecule has 1 N–H and O–H groups in total. The zero-order valence-corrected chi connectivity index (χ0v) is 12.5. The number of nitrogens with one attached hydrogen (secondary N) is 1. The largest absolute Gasteiger partial charge is 0.310 e. The summed E-state index contributed by atoms with van der Waals surface area (Å²) in [5, 5.41) is 4.63. The van der Waals surface area contributed by atoms with E-state index in [4.69, 9.17) is 4.98 Å². The van der Waals surface area contributed by atoms with Crippen molar-refractivity contribution in [2.75, 3.05) is 6.54 Å². The summed E-state index contributed by atoms with van der Waals surface area (Å²) < 4.78 is 0. The predicted octanol–water partition coefficient (Wildman–Crippen LogP) is 4.57. The molecule has 1 atom stereocenters. The lowest BCUT2D eigenvalue weighted by molar-refractivity contribution is 0.598. The maximum Gasteiger partial charge on any atom is 0.0709 e. The molecular weight excluding hydrogens is 256 g/mol. The zero-order valence-electron chi connectivity index (χ0n) is 12.5. The zero-order chi connectivity index (χ0) is 14.7. The van der Waals surface area contributed by atoms with Crippen LogP contribution in [0.4, 0.5) is 0 Å². The molecule has 0 bridgehead atoms. The van der Waals surface area contributed by atoms with E-state index in [0.29, 0.717) is 6.04 Å². The van der Waals surface area contributed by atoms with Crippen molar-refractivity contribution < 1.29 is 0 Å². The molecule has 0 amide bonds. The number of fused-ring (bicyclic) bond motifs is 1. The Bertz CT molecular complexity index is 749. The van der Waals surface area contributed by atoms with Crippen molar-refractivity contribution >= 4 is 10.9 Å². The van der Waals surface area contributed by atoms with Crippen LogP contribution in [-0.2, 0) is 0 Å². The Hall–Kier alpha value is -2.19. The van der Waals surface area contributed by atoms with Gasteiger partial charge < -0.3 is 5.32 Å². The quantitative estimate of drug-likeness (QED) is 0.755. The minimum absolute atomic E-state index is 0.357. The molecule has 0 radical (unpaired) electrons. The first-order valence-corrected chi connectivity index (χ1v) is 7.47. The first-order valence-electron chi connectivity index (χ1n) is 7.47. The minimum Gasteiger partial charge on any atom is -0.310 e. The van der Waals surface area contributed by atoms with Crippen LogP contribution in [-0.4, -0.2) is 11.5 Å². The molecule has 0 aliphatic carbocycles. The van der Waals surface area contributed by atoms with Crippen LogP contribution in [0.1, 0.15) is 25.5 Å². The molecule has 3 rings (SSSR count).